The Balaban J connectivity index is 1.60. The quantitative estimate of drug-likeness (QED) is 0.757. The van der Waals surface area contributed by atoms with Crippen molar-refractivity contribution in [3.8, 4) is 0 Å². The zero-order chi connectivity index (χ0) is 14.4. The molecule has 0 aromatic rings. The number of hydrogen-bond donors (Lipinski definition) is 0. The van der Waals surface area contributed by atoms with E-state index >= 15 is 0 Å². The van der Waals surface area contributed by atoms with Crippen molar-refractivity contribution < 1.29 is 13.2 Å². The molecule has 0 radical (unpaired) electrons. The number of sulfone groups is 1. The van der Waals surface area contributed by atoms with E-state index in [0.717, 1.165) is 37.0 Å². The number of hydrogen-bond acceptors (Lipinski definition) is 3. The molecule has 4 aliphatic carbocycles. The summed E-state index contributed by atoms with van der Waals surface area (Å²) in [5.41, 5.74) is -0.0509. The molecular formula is C16H26O3S. The molecule has 0 amide bonds. The molecule has 0 aromatic carbocycles. The van der Waals surface area contributed by atoms with Crippen LogP contribution in [-0.2, 0) is 14.6 Å². The van der Waals surface area contributed by atoms with E-state index in [1.165, 1.54) is 19.3 Å². The van der Waals surface area contributed by atoms with Gasteiger partial charge in [-0.05, 0) is 62.7 Å². The molecule has 0 N–H and O–H groups in total. The van der Waals surface area contributed by atoms with Crippen molar-refractivity contribution in [2.24, 2.45) is 23.2 Å². The van der Waals surface area contributed by atoms with Gasteiger partial charge in [-0.2, -0.15) is 0 Å². The highest BCUT2D eigenvalue weighted by molar-refractivity contribution is 7.91. The highest BCUT2D eigenvalue weighted by atomic mass is 32.2. The summed E-state index contributed by atoms with van der Waals surface area (Å²) in [6.07, 6.45) is 8.32. The predicted molar refractivity (Wildman–Crippen MR) is 79.2 cm³/mol. The van der Waals surface area contributed by atoms with Crippen molar-refractivity contribution in [1.82, 2.24) is 0 Å². The number of rotatable bonds is 6. The summed E-state index contributed by atoms with van der Waals surface area (Å²) in [7, 11) is -2.92. The van der Waals surface area contributed by atoms with E-state index in [1.54, 1.807) is 6.92 Å². The first kappa shape index (κ1) is 14.6. The zero-order valence-electron chi connectivity index (χ0n) is 12.4. The number of carbonyl (C=O) groups excluding carboxylic acids is 1. The Kier molecular flexibility index (Phi) is 3.72. The molecule has 4 rings (SSSR count). The SMILES string of the molecule is CCS(=O)(=O)CCCC(=O)C12CC3CC(CC(C3)C1)C2. The number of carbonyl (C=O) groups is 1. The Hall–Kier alpha value is -0.380. The standard InChI is InChI=1S/C16H26O3S/c1-2-20(18,19)5-3-4-15(17)16-9-12-6-13(10-16)8-14(7-12)11-16/h12-14H,2-11H2,1H3. The van der Waals surface area contributed by atoms with Gasteiger partial charge in [0.25, 0.3) is 0 Å². The maximum absolute atomic E-state index is 12.7. The predicted octanol–water partition coefficient (Wildman–Crippen LogP) is 2.99. The lowest BCUT2D eigenvalue weighted by molar-refractivity contribution is -0.143. The van der Waals surface area contributed by atoms with Crippen LogP contribution in [0.4, 0.5) is 0 Å². The third-order valence-corrected chi connectivity index (χ3v) is 7.72. The van der Waals surface area contributed by atoms with Crippen LogP contribution in [0.25, 0.3) is 0 Å². The summed E-state index contributed by atoms with van der Waals surface area (Å²) in [4.78, 5) is 12.7. The second-order valence-corrected chi connectivity index (χ2v) is 9.93. The van der Waals surface area contributed by atoms with E-state index in [0.29, 0.717) is 18.6 Å². The Morgan fingerprint density at radius 3 is 2.00 bits per heavy atom. The van der Waals surface area contributed by atoms with E-state index in [-0.39, 0.29) is 16.9 Å². The van der Waals surface area contributed by atoms with Crippen molar-refractivity contribution in [3.05, 3.63) is 0 Å². The van der Waals surface area contributed by atoms with Crippen LogP contribution in [-0.4, -0.2) is 25.7 Å². The van der Waals surface area contributed by atoms with Gasteiger partial charge in [0, 0.05) is 17.6 Å². The van der Waals surface area contributed by atoms with E-state index in [2.05, 4.69) is 0 Å². The molecule has 0 atom stereocenters. The molecule has 4 bridgehead atoms. The fraction of sp³-hybridized carbons (Fsp3) is 0.938. The first-order valence-electron chi connectivity index (χ1n) is 8.16. The maximum Gasteiger partial charge on any atom is 0.150 e. The Labute approximate surface area is 122 Å². The zero-order valence-corrected chi connectivity index (χ0v) is 13.3. The molecule has 0 saturated heterocycles. The van der Waals surface area contributed by atoms with Gasteiger partial charge in [-0.3, -0.25) is 4.79 Å². The highest BCUT2D eigenvalue weighted by Crippen LogP contribution is 2.60. The minimum atomic E-state index is -2.92. The van der Waals surface area contributed by atoms with Crippen LogP contribution in [0.1, 0.15) is 58.3 Å². The van der Waals surface area contributed by atoms with Crippen molar-refractivity contribution in [1.29, 1.82) is 0 Å². The fourth-order valence-electron chi connectivity index (χ4n) is 5.31. The second kappa shape index (κ2) is 5.11. The summed E-state index contributed by atoms with van der Waals surface area (Å²) < 4.78 is 23.0. The maximum atomic E-state index is 12.7. The van der Waals surface area contributed by atoms with E-state index in [9.17, 15) is 13.2 Å². The lowest BCUT2D eigenvalue weighted by atomic mass is 9.48. The summed E-state index contributed by atoms with van der Waals surface area (Å²) >= 11 is 0. The Bertz CT molecular complexity index is 457. The summed E-state index contributed by atoms with van der Waals surface area (Å²) in [6.45, 7) is 1.68. The van der Waals surface area contributed by atoms with E-state index < -0.39 is 9.84 Å². The third kappa shape index (κ3) is 2.68. The molecule has 0 aromatic heterocycles. The average molecular weight is 298 g/mol. The summed E-state index contributed by atoms with van der Waals surface area (Å²) in [5, 5.41) is 0. The van der Waals surface area contributed by atoms with Crippen molar-refractivity contribution >= 4 is 15.6 Å². The molecule has 4 fully saturated rings. The first-order valence-corrected chi connectivity index (χ1v) is 9.98. The lowest BCUT2D eigenvalue weighted by Crippen LogP contribution is -2.50. The first-order chi connectivity index (χ1) is 9.42. The van der Waals surface area contributed by atoms with Gasteiger partial charge >= 0.3 is 0 Å². The number of ketones is 1. The molecular weight excluding hydrogens is 272 g/mol. The molecule has 4 heteroatoms. The van der Waals surface area contributed by atoms with Gasteiger partial charge < -0.3 is 0 Å². The van der Waals surface area contributed by atoms with Crippen LogP contribution in [0.3, 0.4) is 0 Å². The minimum absolute atomic E-state index is 0.0509. The smallest absolute Gasteiger partial charge is 0.150 e. The van der Waals surface area contributed by atoms with Gasteiger partial charge in [0.2, 0.25) is 0 Å². The van der Waals surface area contributed by atoms with Crippen molar-refractivity contribution in [3.63, 3.8) is 0 Å². The molecule has 0 spiro atoms. The van der Waals surface area contributed by atoms with Crippen LogP contribution in [0, 0.1) is 23.2 Å². The van der Waals surface area contributed by atoms with Gasteiger partial charge in [0.1, 0.15) is 15.6 Å². The summed E-state index contributed by atoms with van der Waals surface area (Å²) in [6, 6.07) is 0. The van der Waals surface area contributed by atoms with E-state index in [1.807, 2.05) is 0 Å². The van der Waals surface area contributed by atoms with Gasteiger partial charge in [-0.25, -0.2) is 8.42 Å². The largest absolute Gasteiger partial charge is 0.299 e. The topological polar surface area (TPSA) is 51.2 Å². The molecule has 4 aliphatic rings. The van der Waals surface area contributed by atoms with Crippen LogP contribution in [0.5, 0.6) is 0 Å². The lowest BCUT2D eigenvalue weighted by Gasteiger charge is -2.56. The summed E-state index contributed by atoms with van der Waals surface area (Å²) in [5.74, 6) is 3.10. The fourth-order valence-corrected chi connectivity index (χ4v) is 6.19. The molecule has 4 saturated carbocycles. The van der Waals surface area contributed by atoms with E-state index in [4.69, 9.17) is 0 Å². The van der Waals surface area contributed by atoms with Crippen molar-refractivity contribution in [2.45, 2.75) is 58.3 Å². The van der Waals surface area contributed by atoms with Gasteiger partial charge in [-0.1, -0.05) is 6.92 Å². The molecule has 0 unspecified atom stereocenters. The highest BCUT2D eigenvalue weighted by Gasteiger charge is 2.53. The molecule has 114 valence electrons. The molecule has 0 aliphatic heterocycles. The monoisotopic (exact) mass is 298 g/mol. The molecule has 3 nitrogen and oxygen atoms in total. The molecule has 0 heterocycles. The van der Waals surface area contributed by atoms with Crippen LogP contribution in [0.15, 0.2) is 0 Å². The molecule has 20 heavy (non-hydrogen) atoms. The number of Topliss-reactive ketones (excluding diaryl/α,β-unsaturated/α-hetero) is 1. The Morgan fingerprint density at radius 1 is 1.05 bits per heavy atom. The van der Waals surface area contributed by atoms with Gasteiger partial charge in [-0.15, -0.1) is 0 Å². The average Bonchev–Trinajstić information content (AvgIpc) is 2.37. The van der Waals surface area contributed by atoms with Crippen molar-refractivity contribution in [2.75, 3.05) is 11.5 Å². The normalized spacial score (nSPS) is 39.1. The third-order valence-electron chi connectivity index (χ3n) is 5.93. The van der Waals surface area contributed by atoms with Gasteiger partial charge in [0.15, 0.2) is 0 Å². The van der Waals surface area contributed by atoms with Gasteiger partial charge in [0.05, 0.1) is 5.75 Å². The van der Waals surface area contributed by atoms with Crippen LogP contribution < -0.4 is 0 Å². The Morgan fingerprint density at radius 2 is 1.55 bits per heavy atom. The second-order valence-electron chi connectivity index (χ2n) is 7.46. The van der Waals surface area contributed by atoms with Crippen LogP contribution >= 0.6 is 0 Å². The van der Waals surface area contributed by atoms with Crippen LogP contribution in [0.2, 0.25) is 0 Å². The minimum Gasteiger partial charge on any atom is -0.299 e.